The van der Waals surface area contributed by atoms with Crippen LogP contribution in [0.4, 0.5) is 5.69 Å². The quantitative estimate of drug-likeness (QED) is 0.241. The molecule has 0 radical (unpaired) electrons. The molecule has 4 rings (SSSR count). The predicted octanol–water partition coefficient (Wildman–Crippen LogP) is 5.57. The third kappa shape index (κ3) is 7.47. The summed E-state index contributed by atoms with van der Waals surface area (Å²) in [5.74, 6) is -0.983. The number of anilines is 1. The van der Waals surface area contributed by atoms with Crippen LogP contribution < -0.4 is 9.62 Å². The van der Waals surface area contributed by atoms with Crippen molar-refractivity contribution in [1.29, 1.82) is 0 Å². The third-order valence-electron chi connectivity index (χ3n) is 6.52. The fourth-order valence-corrected chi connectivity index (χ4v) is 6.22. The first-order chi connectivity index (χ1) is 19.7. The maximum atomic E-state index is 14.2. The van der Waals surface area contributed by atoms with Crippen LogP contribution in [0.25, 0.3) is 0 Å². The number of halogens is 2. The van der Waals surface area contributed by atoms with Crippen LogP contribution in [0.3, 0.4) is 0 Å². The number of hydrogen-bond acceptors (Lipinski definition) is 4. The van der Waals surface area contributed by atoms with Gasteiger partial charge in [0.1, 0.15) is 12.6 Å². The smallest absolute Gasteiger partial charge is 0.264 e. The molecule has 0 spiro atoms. The number of rotatable bonds is 11. The number of amides is 2. The molecule has 0 saturated carbocycles. The Kier molecular flexibility index (Phi) is 10.0. The fraction of sp³-hybridized carbons (Fsp3) is 0.161. The number of sulfonamides is 1. The van der Waals surface area contributed by atoms with E-state index in [4.69, 9.17) is 23.2 Å². The second-order valence-electron chi connectivity index (χ2n) is 9.24. The average molecular weight is 611 g/mol. The van der Waals surface area contributed by atoms with Gasteiger partial charge in [0.05, 0.1) is 10.6 Å². The minimum Gasteiger partial charge on any atom is -0.357 e. The van der Waals surface area contributed by atoms with Gasteiger partial charge in [-0.25, -0.2) is 8.42 Å². The second kappa shape index (κ2) is 13.7. The summed E-state index contributed by atoms with van der Waals surface area (Å²) < 4.78 is 28.8. The summed E-state index contributed by atoms with van der Waals surface area (Å²) in [6, 6.07) is 29.5. The number of nitrogens with zero attached hydrogens (tertiary/aromatic N) is 2. The van der Waals surface area contributed by atoms with E-state index in [-0.39, 0.29) is 23.5 Å². The van der Waals surface area contributed by atoms with Gasteiger partial charge in [0.25, 0.3) is 10.0 Å². The van der Waals surface area contributed by atoms with E-state index in [1.54, 1.807) is 60.7 Å². The Morgan fingerprint density at radius 1 is 0.829 bits per heavy atom. The summed E-state index contributed by atoms with van der Waals surface area (Å²) in [5, 5.41) is 3.38. The highest BCUT2D eigenvalue weighted by Crippen LogP contribution is 2.27. The molecule has 0 aliphatic heterocycles. The van der Waals surface area contributed by atoms with Gasteiger partial charge in [-0.15, -0.1) is 0 Å². The van der Waals surface area contributed by atoms with Crippen molar-refractivity contribution in [2.75, 3.05) is 17.9 Å². The summed E-state index contributed by atoms with van der Waals surface area (Å²) in [6.45, 7) is -0.595. The molecule has 0 fully saturated rings. The maximum absolute atomic E-state index is 14.2. The average Bonchev–Trinajstić information content (AvgIpc) is 2.99. The van der Waals surface area contributed by atoms with Crippen molar-refractivity contribution >= 4 is 50.7 Å². The van der Waals surface area contributed by atoms with Crippen LogP contribution in [0, 0.1) is 0 Å². The molecule has 0 aliphatic rings. The zero-order valence-corrected chi connectivity index (χ0v) is 24.6. The molecule has 1 N–H and O–H groups in total. The number of carbonyl (C=O) groups is 2. The molecule has 212 valence electrons. The van der Waals surface area contributed by atoms with Crippen molar-refractivity contribution in [1.82, 2.24) is 10.2 Å². The van der Waals surface area contributed by atoms with Gasteiger partial charge in [0, 0.05) is 30.1 Å². The number of likely N-dealkylation sites (N-methyl/N-ethyl adjacent to an activating group) is 1. The van der Waals surface area contributed by atoms with Crippen molar-refractivity contribution in [3.05, 3.63) is 130 Å². The van der Waals surface area contributed by atoms with Crippen LogP contribution in [0.15, 0.2) is 114 Å². The molecule has 4 aromatic carbocycles. The molecular weight excluding hydrogens is 581 g/mol. The van der Waals surface area contributed by atoms with Crippen molar-refractivity contribution in [2.45, 2.75) is 23.9 Å². The first-order valence-electron chi connectivity index (χ1n) is 12.8. The van der Waals surface area contributed by atoms with Crippen LogP contribution in [0.1, 0.15) is 11.1 Å². The van der Waals surface area contributed by atoms with Gasteiger partial charge in [-0.1, -0.05) is 96.0 Å². The number of hydrogen-bond donors (Lipinski definition) is 1. The predicted molar refractivity (Wildman–Crippen MR) is 162 cm³/mol. The highest BCUT2D eigenvalue weighted by molar-refractivity contribution is 7.92. The van der Waals surface area contributed by atoms with Crippen LogP contribution >= 0.6 is 23.2 Å². The minimum atomic E-state index is -4.19. The highest BCUT2D eigenvalue weighted by atomic mass is 35.5. The van der Waals surface area contributed by atoms with Crippen molar-refractivity contribution in [3.8, 4) is 0 Å². The Bertz CT molecular complexity index is 1600. The molecule has 41 heavy (non-hydrogen) atoms. The van der Waals surface area contributed by atoms with E-state index in [9.17, 15) is 18.0 Å². The van der Waals surface area contributed by atoms with Gasteiger partial charge in [-0.05, 0) is 47.5 Å². The van der Waals surface area contributed by atoms with E-state index < -0.39 is 34.4 Å². The third-order valence-corrected chi connectivity index (χ3v) is 8.91. The molecule has 1 unspecified atom stereocenters. The lowest BCUT2D eigenvalue weighted by Crippen LogP contribution is -2.53. The van der Waals surface area contributed by atoms with E-state index in [0.717, 1.165) is 9.87 Å². The summed E-state index contributed by atoms with van der Waals surface area (Å²) in [5.41, 5.74) is 1.67. The Morgan fingerprint density at radius 3 is 2.10 bits per heavy atom. The monoisotopic (exact) mass is 609 g/mol. The van der Waals surface area contributed by atoms with Gasteiger partial charge in [-0.3, -0.25) is 13.9 Å². The normalized spacial score (nSPS) is 11.9. The van der Waals surface area contributed by atoms with Gasteiger partial charge >= 0.3 is 0 Å². The van der Waals surface area contributed by atoms with Crippen LogP contribution in [-0.2, 0) is 32.6 Å². The Morgan fingerprint density at radius 2 is 1.46 bits per heavy atom. The van der Waals surface area contributed by atoms with E-state index in [1.165, 1.54) is 30.1 Å². The van der Waals surface area contributed by atoms with E-state index in [2.05, 4.69) is 5.32 Å². The molecule has 0 aliphatic carbocycles. The molecule has 0 heterocycles. The van der Waals surface area contributed by atoms with Crippen molar-refractivity contribution in [3.63, 3.8) is 0 Å². The Labute approximate surface area is 250 Å². The van der Waals surface area contributed by atoms with Crippen LogP contribution in [0.2, 0.25) is 10.0 Å². The molecule has 2 amide bonds. The highest BCUT2D eigenvalue weighted by Gasteiger charge is 2.34. The maximum Gasteiger partial charge on any atom is 0.264 e. The van der Waals surface area contributed by atoms with Crippen LogP contribution in [-0.4, -0.2) is 44.8 Å². The van der Waals surface area contributed by atoms with E-state index in [0.29, 0.717) is 15.6 Å². The molecule has 7 nitrogen and oxygen atoms in total. The lowest BCUT2D eigenvalue weighted by atomic mass is 10.0. The molecule has 10 heteroatoms. The minimum absolute atomic E-state index is 0.0116. The van der Waals surface area contributed by atoms with E-state index >= 15 is 0 Å². The van der Waals surface area contributed by atoms with Gasteiger partial charge < -0.3 is 10.2 Å². The Balaban J connectivity index is 1.79. The van der Waals surface area contributed by atoms with Crippen molar-refractivity contribution < 1.29 is 18.0 Å². The van der Waals surface area contributed by atoms with E-state index in [1.807, 2.05) is 30.3 Å². The number of carbonyl (C=O) groups excluding carboxylic acids is 2. The van der Waals surface area contributed by atoms with Gasteiger partial charge in [0.2, 0.25) is 11.8 Å². The first-order valence-corrected chi connectivity index (χ1v) is 15.0. The van der Waals surface area contributed by atoms with Crippen LogP contribution in [0.5, 0.6) is 0 Å². The molecule has 1 atom stereocenters. The summed E-state index contributed by atoms with van der Waals surface area (Å²) >= 11 is 12.7. The summed E-state index contributed by atoms with van der Waals surface area (Å²) in [4.78, 5) is 28.9. The topological polar surface area (TPSA) is 86.8 Å². The number of benzene rings is 4. The largest absolute Gasteiger partial charge is 0.357 e. The molecular formula is C31H29Cl2N3O4S. The van der Waals surface area contributed by atoms with Gasteiger partial charge in [-0.2, -0.15) is 0 Å². The lowest BCUT2D eigenvalue weighted by molar-refractivity contribution is -0.139. The Hall–Kier alpha value is -3.85. The molecule has 0 aromatic heterocycles. The van der Waals surface area contributed by atoms with Gasteiger partial charge in [0.15, 0.2) is 0 Å². The van der Waals surface area contributed by atoms with Crippen molar-refractivity contribution in [2.24, 2.45) is 0 Å². The number of nitrogens with one attached hydrogen (secondary N) is 1. The zero-order chi connectivity index (χ0) is 29.4. The first kappa shape index (κ1) is 30.1. The summed E-state index contributed by atoms with van der Waals surface area (Å²) in [7, 11) is -2.69. The fourth-order valence-electron chi connectivity index (χ4n) is 4.41. The molecule has 0 bridgehead atoms. The molecule has 4 aromatic rings. The zero-order valence-electron chi connectivity index (χ0n) is 22.3. The lowest BCUT2D eigenvalue weighted by Gasteiger charge is -2.33. The second-order valence-corrected chi connectivity index (χ2v) is 11.9. The molecule has 0 saturated heterocycles. The summed E-state index contributed by atoms with van der Waals surface area (Å²) in [6.07, 6.45) is 0.208. The standard InChI is InChI=1S/C31H29Cl2N3O4S/c1-34-31(38)29(19-23-11-4-2-5-12-23)35(21-24-13-8-9-18-28(24)33)30(37)22-36(26-15-10-14-25(32)20-26)41(39,40)27-16-6-3-7-17-27/h2-18,20,29H,19,21-22H2,1H3,(H,34,38). The SMILES string of the molecule is CNC(=O)C(Cc1ccccc1)N(Cc1ccccc1Cl)C(=O)CN(c1cccc(Cl)c1)S(=O)(=O)c1ccccc1.